The van der Waals surface area contributed by atoms with Crippen LogP contribution in [-0.2, 0) is 0 Å². The summed E-state index contributed by atoms with van der Waals surface area (Å²) in [6, 6.07) is 1.80. The molecule has 2 aromatic rings. The Labute approximate surface area is 89.1 Å². The van der Waals surface area contributed by atoms with Gasteiger partial charge in [-0.25, -0.2) is 4.52 Å². The lowest BCUT2D eigenvalue weighted by molar-refractivity contribution is 0.887. The van der Waals surface area contributed by atoms with Gasteiger partial charge in [0.25, 0.3) is 5.56 Å². The fourth-order valence-electron chi connectivity index (χ4n) is 1.07. The number of rotatable bonds is 0. The summed E-state index contributed by atoms with van der Waals surface area (Å²) < 4.78 is 1.56. The number of H-pyrrole nitrogens is 1. The molecule has 1 N–H and O–H groups in total. The average Bonchev–Trinajstić information content (AvgIpc) is 2.51. The Bertz CT molecular complexity index is 446. The number of alkyl halides is 1. The Morgan fingerprint density at radius 1 is 1.54 bits per heavy atom. The first-order chi connectivity index (χ1) is 6.27. The molecule has 2 heterocycles. The molecule has 0 radical (unpaired) electrons. The molecule has 0 aliphatic rings. The monoisotopic (exact) mass is 291 g/mol. The van der Waals surface area contributed by atoms with Crippen molar-refractivity contribution in [2.45, 2.75) is 6.92 Å². The minimum atomic E-state index is -0.104. The lowest BCUT2D eigenvalue weighted by Gasteiger charge is -1.87. The van der Waals surface area contributed by atoms with Crippen LogP contribution in [0.5, 0.6) is 0 Å². The van der Waals surface area contributed by atoms with Gasteiger partial charge in [-0.15, -0.1) is 0 Å². The molecule has 0 fully saturated rings. The Morgan fingerprint density at radius 2 is 2.23 bits per heavy atom. The van der Waals surface area contributed by atoms with E-state index in [9.17, 15) is 4.79 Å². The van der Waals surface area contributed by atoms with Gasteiger partial charge >= 0.3 is 0 Å². The number of aryl methyl sites for hydroxylation is 1. The predicted molar refractivity (Wildman–Crippen MR) is 60.5 cm³/mol. The van der Waals surface area contributed by atoms with Crippen molar-refractivity contribution in [2.75, 3.05) is 4.93 Å². The highest BCUT2D eigenvalue weighted by atomic mass is 127. The van der Waals surface area contributed by atoms with Crippen molar-refractivity contribution in [3.8, 4) is 0 Å². The maximum absolute atomic E-state index is 11.1. The molecule has 5 heteroatoms. The number of fused-ring (bicyclic) bond motifs is 1. The first-order valence-corrected chi connectivity index (χ1v) is 5.83. The van der Waals surface area contributed by atoms with Crippen LogP contribution in [-0.4, -0.2) is 19.5 Å². The number of nitrogens with zero attached hydrogens (tertiary/aromatic N) is 2. The first-order valence-electron chi connectivity index (χ1n) is 3.68. The second-order valence-electron chi connectivity index (χ2n) is 2.47. The van der Waals surface area contributed by atoms with E-state index in [1.807, 2.05) is 18.1 Å². The molecule has 0 bridgehead atoms. The van der Waals surface area contributed by atoms with Crippen molar-refractivity contribution in [1.82, 2.24) is 14.6 Å². The van der Waals surface area contributed by atoms with Crippen molar-refractivity contribution >= 4 is 28.1 Å². The van der Waals surface area contributed by atoms with Gasteiger partial charge in [0.1, 0.15) is 11.8 Å². The fraction of sp³-hybridized carbons (Fsp3) is 0.250. The van der Waals surface area contributed by atoms with Crippen LogP contribution >= 0.6 is 22.6 Å². The zero-order chi connectivity index (χ0) is 9.84. The van der Waals surface area contributed by atoms with E-state index in [2.05, 4.69) is 32.7 Å². The molecule has 0 saturated heterocycles. The Morgan fingerprint density at radius 3 is 2.85 bits per heavy atom. The smallest absolute Gasteiger partial charge is 0.275 e. The topological polar surface area (TPSA) is 50.2 Å². The largest absolute Gasteiger partial charge is 0.310 e. The number of hydrogen-bond donors (Lipinski definition) is 1. The van der Waals surface area contributed by atoms with Gasteiger partial charge in [0.05, 0.1) is 0 Å². The zero-order valence-corrected chi connectivity index (χ0v) is 9.57. The first kappa shape index (κ1) is 10.2. The van der Waals surface area contributed by atoms with Gasteiger partial charge in [0.15, 0.2) is 0 Å². The molecule has 0 unspecified atom stereocenters. The van der Waals surface area contributed by atoms with Crippen LogP contribution in [0, 0.1) is 6.92 Å². The van der Waals surface area contributed by atoms with E-state index >= 15 is 0 Å². The van der Waals surface area contributed by atoms with Gasteiger partial charge in [0.2, 0.25) is 0 Å². The number of aromatic nitrogens is 3. The standard InChI is InChI=1S/C7H7N3O.CH3I/c1-5-2-6-7(11)8-4-9-10(6)3-5;1-2/h2-4H,1H3,(H,8,9,11);1H3. The predicted octanol–water partition coefficient (Wildman–Crippen LogP) is 1.38. The summed E-state index contributed by atoms with van der Waals surface area (Å²) in [6.45, 7) is 1.92. The number of nitrogens with one attached hydrogen (secondary N) is 1. The summed E-state index contributed by atoms with van der Waals surface area (Å²) in [4.78, 5) is 15.5. The highest BCUT2D eigenvalue weighted by Gasteiger charge is 1.98. The highest BCUT2D eigenvalue weighted by Crippen LogP contribution is 2.00. The minimum Gasteiger partial charge on any atom is -0.310 e. The van der Waals surface area contributed by atoms with Gasteiger partial charge < -0.3 is 4.98 Å². The maximum atomic E-state index is 11.1. The molecular weight excluding hydrogens is 281 g/mol. The third-order valence-electron chi connectivity index (χ3n) is 1.55. The Kier molecular flexibility index (Phi) is 3.47. The van der Waals surface area contributed by atoms with Gasteiger partial charge in [-0.3, -0.25) is 4.79 Å². The molecule has 0 saturated carbocycles. The quantitative estimate of drug-likeness (QED) is 0.589. The lowest BCUT2D eigenvalue weighted by atomic mass is 10.4. The van der Waals surface area contributed by atoms with E-state index in [1.54, 1.807) is 10.6 Å². The summed E-state index contributed by atoms with van der Waals surface area (Å²) in [5.74, 6) is 0. The third-order valence-corrected chi connectivity index (χ3v) is 1.55. The molecule has 2 rings (SSSR count). The van der Waals surface area contributed by atoms with Crippen molar-refractivity contribution in [3.63, 3.8) is 0 Å². The molecule has 0 aliphatic carbocycles. The van der Waals surface area contributed by atoms with Crippen LogP contribution in [0.2, 0.25) is 0 Å². The number of hydrogen-bond acceptors (Lipinski definition) is 2. The summed E-state index contributed by atoms with van der Waals surface area (Å²) in [6.07, 6.45) is 3.19. The zero-order valence-electron chi connectivity index (χ0n) is 7.41. The average molecular weight is 291 g/mol. The molecular formula is C8H10IN3O. The molecule has 4 nitrogen and oxygen atoms in total. The van der Waals surface area contributed by atoms with Gasteiger partial charge in [-0.1, -0.05) is 22.6 Å². The summed E-state index contributed by atoms with van der Waals surface area (Å²) in [5.41, 5.74) is 1.52. The Hall–Kier alpha value is -0.850. The molecule has 0 aliphatic heterocycles. The summed E-state index contributed by atoms with van der Waals surface area (Å²) >= 11 is 2.15. The molecule has 0 atom stereocenters. The normalized spacial score (nSPS) is 9.46. The number of halogens is 1. The van der Waals surface area contributed by atoms with Crippen LogP contribution in [0.3, 0.4) is 0 Å². The van der Waals surface area contributed by atoms with Crippen LogP contribution in [0.1, 0.15) is 5.56 Å². The molecule has 2 aromatic heterocycles. The van der Waals surface area contributed by atoms with E-state index in [4.69, 9.17) is 0 Å². The molecule has 0 aromatic carbocycles. The lowest BCUT2D eigenvalue weighted by Crippen LogP contribution is -2.09. The van der Waals surface area contributed by atoms with E-state index < -0.39 is 0 Å². The van der Waals surface area contributed by atoms with E-state index in [0.717, 1.165) is 5.56 Å². The van der Waals surface area contributed by atoms with Gasteiger partial charge in [0, 0.05) is 6.20 Å². The van der Waals surface area contributed by atoms with Crippen LogP contribution in [0.4, 0.5) is 0 Å². The van der Waals surface area contributed by atoms with Gasteiger partial charge in [-0.2, -0.15) is 5.10 Å². The maximum Gasteiger partial charge on any atom is 0.275 e. The molecule has 13 heavy (non-hydrogen) atoms. The molecule has 0 amide bonds. The summed E-state index contributed by atoms with van der Waals surface area (Å²) in [7, 11) is 0. The SMILES string of the molecule is CI.Cc1cc2c(=O)[nH]cnn2c1. The van der Waals surface area contributed by atoms with Gasteiger partial charge in [-0.05, 0) is 23.5 Å². The van der Waals surface area contributed by atoms with Crippen molar-refractivity contribution < 1.29 is 0 Å². The molecule has 70 valence electrons. The summed E-state index contributed by atoms with van der Waals surface area (Å²) in [5, 5.41) is 3.92. The second-order valence-corrected chi connectivity index (χ2v) is 2.47. The number of aromatic amines is 1. The van der Waals surface area contributed by atoms with Crippen LogP contribution < -0.4 is 5.56 Å². The molecule has 0 spiro atoms. The van der Waals surface area contributed by atoms with Crippen molar-refractivity contribution in [2.24, 2.45) is 0 Å². The van der Waals surface area contributed by atoms with E-state index in [1.165, 1.54) is 6.33 Å². The van der Waals surface area contributed by atoms with Crippen LogP contribution in [0.15, 0.2) is 23.4 Å². The fourth-order valence-corrected chi connectivity index (χ4v) is 1.07. The minimum absolute atomic E-state index is 0.104. The van der Waals surface area contributed by atoms with Crippen molar-refractivity contribution in [1.29, 1.82) is 0 Å². The van der Waals surface area contributed by atoms with E-state index in [-0.39, 0.29) is 5.56 Å². The second kappa shape index (κ2) is 4.40. The van der Waals surface area contributed by atoms with Crippen molar-refractivity contribution in [3.05, 3.63) is 34.5 Å². The Balaban J connectivity index is 0.000000396. The third kappa shape index (κ3) is 2.09. The van der Waals surface area contributed by atoms with E-state index in [0.29, 0.717) is 5.52 Å². The highest BCUT2D eigenvalue weighted by molar-refractivity contribution is 14.1. The van der Waals surface area contributed by atoms with Crippen LogP contribution in [0.25, 0.3) is 5.52 Å².